The van der Waals surface area contributed by atoms with Gasteiger partial charge < -0.3 is 9.04 Å². The highest BCUT2D eigenvalue weighted by Crippen LogP contribution is 2.64. The second-order valence-electron chi connectivity index (χ2n) is 8.65. The average Bonchev–Trinajstić information content (AvgIpc) is 2.82. The van der Waals surface area contributed by atoms with E-state index in [9.17, 15) is 83.1 Å². The van der Waals surface area contributed by atoms with Crippen LogP contribution >= 0.6 is 0 Å². The van der Waals surface area contributed by atoms with Gasteiger partial charge in [-0.2, -0.15) is 74.6 Å². The van der Waals surface area contributed by atoms with Crippen LogP contribution in [0.4, 0.5) is 74.6 Å². The van der Waals surface area contributed by atoms with E-state index in [2.05, 4.69) is 0 Å². The second-order valence-corrected chi connectivity index (χ2v) is 11.3. The lowest BCUT2D eigenvalue weighted by molar-refractivity contribution is -0.923. The number of alkyl halides is 17. The zero-order chi connectivity index (χ0) is 36.4. The Morgan fingerprint density at radius 2 is 0.864 bits per heavy atom. The summed E-state index contributed by atoms with van der Waals surface area (Å²) in [6, 6.07) is 0. The van der Waals surface area contributed by atoms with Crippen LogP contribution in [0.3, 0.4) is 0 Å². The molecule has 0 spiro atoms. The maximum Gasteiger partial charge on any atom is 0.460 e. The first-order chi connectivity index (χ1) is 18.9. The van der Waals surface area contributed by atoms with Crippen LogP contribution < -0.4 is 4.72 Å². The van der Waals surface area contributed by atoms with Crippen LogP contribution in [0.5, 0.6) is 0 Å². The first kappa shape index (κ1) is 44.7. The van der Waals surface area contributed by atoms with Crippen molar-refractivity contribution in [2.45, 2.75) is 74.2 Å². The fourth-order valence-electron chi connectivity index (χ4n) is 3.18. The zero-order valence-corrected chi connectivity index (χ0v) is 23.6. The van der Waals surface area contributed by atoms with Crippen LogP contribution in [-0.4, -0.2) is 110 Å². The third kappa shape index (κ3) is 8.09. The van der Waals surface area contributed by atoms with Crippen molar-refractivity contribution in [1.82, 2.24) is 4.72 Å². The van der Waals surface area contributed by atoms with E-state index in [1.807, 2.05) is 0 Å². The SMILES string of the molecule is CC[N+](CC)(CC)CCCNS(=O)(=O)C(F)(F)C(F)(F)C(F)(F)C(F)(F)C(F)(F)C(F)(F)C(F)(F)C(F)(F)F.O=S(=O)([O-])O. The molecule has 0 aliphatic rings. The van der Waals surface area contributed by atoms with Crippen molar-refractivity contribution < 1.29 is 105 Å². The quantitative estimate of drug-likeness (QED) is 0.0789. The molecule has 0 aliphatic heterocycles. The molecule has 0 saturated heterocycles. The van der Waals surface area contributed by atoms with Crippen molar-refractivity contribution in [3.05, 3.63) is 0 Å². The van der Waals surface area contributed by atoms with E-state index in [1.165, 1.54) is 0 Å². The molecule has 268 valence electrons. The van der Waals surface area contributed by atoms with Gasteiger partial charge in [0.1, 0.15) is 0 Å². The Morgan fingerprint density at radius 3 is 1.14 bits per heavy atom. The summed E-state index contributed by atoms with van der Waals surface area (Å²) in [6.07, 6.45) is -8.34. The summed E-state index contributed by atoms with van der Waals surface area (Å²) < 4.78 is 283. The van der Waals surface area contributed by atoms with Crippen molar-refractivity contribution in [2.24, 2.45) is 0 Å². The van der Waals surface area contributed by atoms with Gasteiger partial charge in [-0.1, -0.05) is 0 Å². The van der Waals surface area contributed by atoms with E-state index < -0.39 is 80.4 Å². The van der Waals surface area contributed by atoms with E-state index in [0.29, 0.717) is 24.4 Å². The monoisotopic (exact) mass is 738 g/mol. The van der Waals surface area contributed by atoms with E-state index in [0.717, 1.165) is 0 Å². The third-order valence-corrected chi connectivity index (χ3v) is 7.66. The lowest BCUT2D eigenvalue weighted by Gasteiger charge is -2.42. The molecule has 0 rings (SSSR count). The van der Waals surface area contributed by atoms with Crippen LogP contribution in [0.25, 0.3) is 0 Å². The van der Waals surface area contributed by atoms with Gasteiger partial charge in [0.15, 0.2) is 0 Å². The first-order valence-corrected chi connectivity index (χ1v) is 14.0. The Bertz CT molecular complexity index is 1150. The van der Waals surface area contributed by atoms with Gasteiger partial charge in [0, 0.05) is 13.0 Å². The molecular weight excluding hydrogens is 715 g/mol. The van der Waals surface area contributed by atoms with Crippen LogP contribution in [0.2, 0.25) is 0 Å². The van der Waals surface area contributed by atoms with Crippen LogP contribution in [0.15, 0.2) is 0 Å². The summed E-state index contributed by atoms with van der Waals surface area (Å²) in [6.45, 7) is 4.75. The minimum atomic E-state index is -8.83. The van der Waals surface area contributed by atoms with Crippen LogP contribution in [0.1, 0.15) is 27.2 Å². The molecule has 8 nitrogen and oxygen atoms in total. The molecule has 0 aromatic heterocycles. The molecule has 0 bridgehead atoms. The zero-order valence-electron chi connectivity index (χ0n) is 21.9. The standard InChI is InChI=1S/C17H22F17N2O2S.H2O4S/c1-4-36(5-2,6-3)9-7-8-35-39(37,38)17(33,34)15(28,29)13(24,25)11(20,21)10(18,19)12(22,23)14(26,27)16(30,31)32;1-5(2,3)4/h35H,4-9H2,1-3H3;(H2,1,2,3,4)/q+1;/p-1. The van der Waals surface area contributed by atoms with Gasteiger partial charge in [0.25, 0.3) is 10.0 Å². The number of nitrogens with one attached hydrogen (secondary N) is 1. The highest BCUT2D eigenvalue weighted by atomic mass is 32.3. The van der Waals surface area contributed by atoms with E-state index in [4.69, 9.17) is 17.5 Å². The fourth-order valence-corrected chi connectivity index (χ4v) is 4.24. The number of halogens is 17. The Kier molecular flexibility index (Phi) is 13.6. The largest absolute Gasteiger partial charge is 0.726 e. The maximum absolute atomic E-state index is 14.0. The van der Waals surface area contributed by atoms with Gasteiger partial charge in [0.05, 0.1) is 26.2 Å². The Hall–Kier alpha value is -1.45. The average molecular weight is 738 g/mol. The van der Waals surface area contributed by atoms with Crippen molar-refractivity contribution in [3.63, 3.8) is 0 Å². The summed E-state index contributed by atoms with van der Waals surface area (Å²) in [7, 11) is -12.2. The molecule has 27 heteroatoms. The fraction of sp³-hybridized carbons (Fsp3) is 1.00. The molecule has 44 heavy (non-hydrogen) atoms. The molecule has 0 atom stereocenters. The minimum Gasteiger partial charge on any atom is -0.726 e. The molecule has 0 aliphatic carbocycles. The van der Waals surface area contributed by atoms with Gasteiger partial charge in [-0.15, -0.1) is 0 Å². The van der Waals surface area contributed by atoms with Gasteiger partial charge >= 0.3 is 47.0 Å². The summed E-state index contributed by atoms with van der Waals surface area (Å²) in [4.78, 5) is 0. The Balaban J connectivity index is 0. The van der Waals surface area contributed by atoms with Crippen molar-refractivity contribution in [2.75, 3.05) is 32.7 Å². The Labute approximate surface area is 237 Å². The summed E-state index contributed by atoms with van der Waals surface area (Å²) in [5.74, 6) is -51.6. The van der Waals surface area contributed by atoms with Gasteiger partial charge in [-0.25, -0.2) is 21.6 Å². The summed E-state index contributed by atoms with van der Waals surface area (Å²) in [5, 5.41) is -7.53. The molecule has 0 unspecified atom stereocenters. The normalized spacial score (nSPS) is 15.6. The van der Waals surface area contributed by atoms with Crippen molar-refractivity contribution in [1.29, 1.82) is 0 Å². The van der Waals surface area contributed by atoms with E-state index in [1.54, 1.807) is 20.8 Å². The van der Waals surface area contributed by atoms with Crippen LogP contribution in [-0.2, 0) is 20.4 Å². The van der Waals surface area contributed by atoms with Gasteiger partial charge in [-0.3, -0.25) is 4.55 Å². The smallest absolute Gasteiger partial charge is 0.460 e. The van der Waals surface area contributed by atoms with E-state index in [-0.39, 0.29) is 11.0 Å². The summed E-state index contributed by atoms with van der Waals surface area (Å²) in [5.41, 5.74) is 0. The Morgan fingerprint density at radius 1 is 0.591 bits per heavy atom. The molecule has 0 saturated carbocycles. The molecule has 0 heterocycles. The van der Waals surface area contributed by atoms with Crippen molar-refractivity contribution >= 4 is 20.4 Å². The molecule has 0 amide bonds. The maximum atomic E-state index is 14.0. The number of quaternary nitrogens is 1. The third-order valence-electron chi connectivity index (χ3n) is 6.14. The number of hydrogen-bond acceptors (Lipinski definition) is 5. The summed E-state index contributed by atoms with van der Waals surface area (Å²) >= 11 is 0. The predicted molar refractivity (Wildman–Crippen MR) is 111 cm³/mol. The number of hydrogen-bond donors (Lipinski definition) is 2. The first-order valence-electron chi connectivity index (χ1n) is 11.1. The lowest BCUT2D eigenvalue weighted by Crippen LogP contribution is -2.75. The lowest BCUT2D eigenvalue weighted by atomic mass is 9.91. The van der Waals surface area contributed by atoms with Gasteiger partial charge in [-0.05, 0) is 20.8 Å². The molecule has 0 fully saturated rings. The molecule has 2 N–H and O–H groups in total. The molecule has 0 radical (unpaired) electrons. The molecule has 0 aromatic carbocycles. The highest BCUT2D eigenvalue weighted by molar-refractivity contribution is 7.90. The second kappa shape index (κ2) is 13.3. The van der Waals surface area contributed by atoms with Crippen LogP contribution in [0, 0.1) is 0 Å². The number of rotatable bonds is 15. The predicted octanol–water partition coefficient (Wildman–Crippen LogP) is 5.14. The number of nitrogens with zero attached hydrogens (tertiary/aromatic N) is 1. The minimum absolute atomic E-state index is 0.0447. The molecular formula is C17H23F17N2O6S2. The number of sulfonamides is 1. The van der Waals surface area contributed by atoms with Crippen molar-refractivity contribution in [3.8, 4) is 0 Å². The molecule has 0 aromatic rings. The van der Waals surface area contributed by atoms with E-state index >= 15 is 0 Å². The highest BCUT2D eigenvalue weighted by Gasteiger charge is 2.96. The van der Waals surface area contributed by atoms with Gasteiger partial charge in [0.2, 0.25) is 10.4 Å². The topological polar surface area (TPSA) is 124 Å².